The molecule has 0 radical (unpaired) electrons. The topological polar surface area (TPSA) is 0 Å². The number of hydrogen-bond donors (Lipinski definition) is 0. The van der Waals surface area contributed by atoms with Crippen molar-refractivity contribution in [1.29, 1.82) is 0 Å². The first-order chi connectivity index (χ1) is 13.7. The van der Waals surface area contributed by atoms with E-state index in [0.717, 1.165) is 19.3 Å². The minimum absolute atomic E-state index is 0. The molecule has 2 unspecified atom stereocenters. The number of unbranched alkanes of at least 4 members (excludes halogenated alkanes) is 1. The largest absolute Gasteiger partial charge is 0.130 e. The molecule has 29 heavy (non-hydrogen) atoms. The highest BCUT2D eigenvalue weighted by Gasteiger charge is 2.34. The van der Waals surface area contributed by atoms with Gasteiger partial charge < -0.3 is 0 Å². The monoisotopic (exact) mass is 516 g/mol. The van der Waals surface area contributed by atoms with E-state index in [4.69, 9.17) is 0 Å². The molecule has 0 aliphatic heterocycles. The molecule has 3 rings (SSSR count). The lowest BCUT2D eigenvalue weighted by molar-refractivity contribution is 0.334. The zero-order valence-corrected chi connectivity index (χ0v) is 21.0. The third kappa shape index (κ3) is 7.54. The van der Waals surface area contributed by atoms with Gasteiger partial charge in [0.25, 0.3) is 0 Å². The predicted octanol–water partition coefficient (Wildman–Crippen LogP) is 7.75. The lowest BCUT2D eigenvalue weighted by Crippen LogP contribution is -2.38. The summed E-state index contributed by atoms with van der Waals surface area (Å²) in [6.45, 7) is 2.30. The van der Waals surface area contributed by atoms with Crippen LogP contribution in [0.3, 0.4) is 0 Å². The molecular formula is C27H34IP. The van der Waals surface area contributed by atoms with Gasteiger partial charge in [0.2, 0.25) is 0 Å². The van der Waals surface area contributed by atoms with E-state index in [9.17, 15) is 0 Å². The summed E-state index contributed by atoms with van der Waals surface area (Å²) in [5.41, 5.74) is 4.32. The van der Waals surface area contributed by atoms with Gasteiger partial charge in [-0.3, -0.25) is 0 Å². The Balaban J connectivity index is 0.00000300. The minimum Gasteiger partial charge on any atom is -0.130 e. The third-order valence-electron chi connectivity index (χ3n) is 5.80. The molecule has 3 aromatic rings. The van der Waals surface area contributed by atoms with Crippen molar-refractivity contribution in [3.63, 3.8) is 0 Å². The van der Waals surface area contributed by atoms with Gasteiger partial charge in [0, 0.05) is 0 Å². The molecule has 0 nitrogen and oxygen atoms in total. The molecule has 0 aliphatic carbocycles. The summed E-state index contributed by atoms with van der Waals surface area (Å²) >= 11 is 0. The first-order valence-corrected chi connectivity index (χ1v) is 11.2. The van der Waals surface area contributed by atoms with Crippen molar-refractivity contribution in [3.8, 4) is 0 Å². The minimum atomic E-state index is 0. The van der Waals surface area contributed by atoms with Crippen molar-refractivity contribution in [3.05, 3.63) is 108 Å². The Morgan fingerprint density at radius 3 is 1.52 bits per heavy atom. The SMILES string of the molecule is CCCCC(Cc1ccccc1)C(P)(Cc1ccccc1)Cc1ccccc1.I. The molecule has 0 amide bonds. The quantitative estimate of drug-likeness (QED) is 0.191. The Bertz CT molecular complexity index is 760. The van der Waals surface area contributed by atoms with E-state index in [1.165, 1.54) is 36.0 Å². The Morgan fingerprint density at radius 1 is 0.690 bits per heavy atom. The van der Waals surface area contributed by atoms with Gasteiger partial charge in [-0.05, 0) is 53.4 Å². The first kappa shape index (κ1) is 24.1. The summed E-state index contributed by atoms with van der Waals surface area (Å²) in [6.07, 6.45) is 7.14. The van der Waals surface area contributed by atoms with Gasteiger partial charge in [-0.15, -0.1) is 33.2 Å². The maximum absolute atomic E-state index is 3.32. The molecule has 2 atom stereocenters. The summed E-state index contributed by atoms with van der Waals surface area (Å²) in [5, 5.41) is 0.147. The number of hydrogen-bond acceptors (Lipinski definition) is 0. The van der Waals surface area contributed by atoms with Crippen molar-refractivity contribution in [2.45, 2.75) is 50.6 Å². The smallest absolute Gasteiger partial charge is 0.00385 e. The van der Waals surface area contributed by atoms with E-state index in [1.807, 2.05) is 0 Å². The van der Waals surface area contributed by atoms with Crippen LogP contribution in [0, 0.1) is 5.92 Å². The van der Waals surface area contributed by atoms with Crippen LogP contribution in [0.5, 0.6) is 0 Å². The van der Waals surface area contributed by atoms with Crippen LogP contribution < -0.4 is 0 Å². The van der Waals surface area contributed by atoms with Gasteiger partial charge in [0.1, 0.15) is 0 Å². The van der Waals surface area contributed by atoms with Crippen LogP contribution in [0.15, 0.2) is 91.0 Å². The molecule has 0 saturated heterocycles. The van der Waals surface area contributed by atoms with Crippen LogP contribution in [0.1, 0.15) is 42.9 Å². The molecular weight excluding hydrogens is 482 g/mol. The van der Waals surface area contributed by atoms with Crippen LogP contribution in [-0.4, -0.2) is 5.16 Å². The highest BCUT2D eigenvalue weighted by atomic mass is 127. The second kappa shape index (κ2) is 12.5. The van der Waals surface area contributed by atoms with Crippen LogP contribution >= 0.6 is 33.2 Å². The molecule has 154 valence electrons. The summed E-state index contributed by atoms with van der Waals surface area (Å²) in [4.78, 5) is 0. The maximum atomic E-state index is 3.32. The highest BCUT2D eigenvalue weighted by Crippen LogP contribution is 2.40. The summed E-state index contributed by atoms with van der Waals surface area (Å²) in [5.74, 6) is 0.625. The molecule has 3 aromatic carbocycles. The zero-order chi connectivity index (χ0) is 19.7. The van der Waals surface area contributed by atoms with Gasteiger partial charge in [0.05, 0.1) is 0 Å². The van der Waals surface area contributed by atoms with Crippen molar-refractivity contribution in [2.24, 2.45) is 5.92 Å². The van der Waals surface area contributed by atoms with Crippen LogP contribution in [0.25, 0.3) is 0 Å². The molecule has 0 N–H and O–H groups in total. The van der Waals surface area contributed by atoms with Gasteiger partial charge in [0.15, 0.2) is 0 Å². The van der Waals surface area contributed by atoms with Crippen LogP contribution in [-0.2, 0) is 19.3 Å². The van der Waals surface area contributed by atoms with Crippen molar-refractivity contribution < 1.29 is 0 Å². The Morgan fingerprint density at radius 2 is 1.10 bits per heavy atom. The standard InChI is InChI=1S/C27H33P.HI/c1-2-3-19-26(20-23-13-7-4-8-14-23)27(28,21-24-15-9-5-10-16-24)22-25-17-11-6-12-18-25;/h4-18,26H,2-3,19-22,28H2,1H3;1H. The Labute approximate surface area is 196 Å². The summed E-state index contributed by atoms with van der Waals surface area (Å²) < 4.78 is 0. The second-order valence-electron chi connectivity index (χ2n) is 8.09. The molecule has 2 heteroatoms. The van der Waals surface area contributed by atoms with Crippen molar-refractivity contribution in [2.75, 3.05) is 0 Å². The van der Waals surface area contributed by atoms with Gasteiger partial charge >= 0.3 is 0 Å². The van der Waals surface area contributed by atoms with Crippen LogP contribution in [0.2, 0.25) is 0 Å². The maximum Gasteiger partial charge on any atom is -0.00385 e. The Hall–Kier alpha value is -1.18. The molecule has 0 bridgehead atoms. The fourth-order valence-corrected chi connectivity index (χ4v) is 5.00. The Kier molecular flexibility index (Phi) is 10.4. The van der Waals surface area contributed by atoms with Gasteiger partial charge in [-0.25, -0.2) is 0 Å². The van der Waals surface area contributed by atoms with Gasteiger partial charge in [-0.1, -0.05) is 111 Å². The van der Waals surface area contributed by atoms with Gasteiger partial charge in [-0.2, -0.15) is 0 Å². The molecule has 0 heterocycles. The first-order valence-electron chi connectivity index (χ1n) is 10.6. The zero-order valence-electron chi connectivity index (χ0n) is 17.5. The predicted molar refractivity (Wildman–Crippen MR) is 141 cm³/mol. The normalized spacial score (nSPS) is 12.2. The van der Waals surface area contributed by atoms with E-state index >= 15 is 0 Å². The van der Waals surface area contributed by atoms with Crippen LogP contribution in [0.4, 0.5) is 0 Å². The summed E-state index contributed by atoms with van der Waals surface area (Å²) in [7, 11) is 3.32. The average molecular weight is 516 g/mol. The third-order valence-corrected chi connectivity index (χ3v) is 6.68. The van der Waals surface area contributed by atoms with E-state index < -0.39 is 0 Å². The average Bonchev–Trinajstić information content (AvgIpc) is 2.73. The van der Waals surface area contributed by atoms with E-state index in [0.29, 0.717) is 5.92 Å². The van der Waals surface area contributed by atoms with Crippen molar-refractivity contribution in [1.82, 2.24) is 0 Å². The molecule has 0 spiro atoms. The molecule has 0 aromatic heterocycles. The van der Waals surface area contributed by atoms with E-state index in [2.05, 4.69) is 107 Å². The molecule has 0 saturated carbocycles. The number of rotatable bonds is 10. The summed E-state index contributed by atoms with van der Waals surface area (Å²) in [6, 6.07) is 33.1. The number of halogens is 1. The lowest BCUT2D eigenvalue weighted by Gasteiger charge is -2.39. The fraction of sp³-hybridized carbons (Fsp3) is 0.333. The van der Waals surface area contributed by atoms with Crippen molar-refractivity contribution >= 4 is 33.2 Å². The highest BCUT2D eigenvalue weighted by molar-refractivity contribution is 14.0. The number of benzene rings is 3. The second-order valence-corrected chi connectivity index (χ2v) is 9.24. The molecule has 0 aliphatic rings. The fourth-order valence-electron chi connectivity index (χ4n) is 4.24. The van der Waals surface area contributed by atoms with E-state index in [-0.39, 0.29) is 29.1 Å². The molecule has 0 fully saturated rings. The van der Waals surface area contributed by atoms with E-state index in [1.54, 1.807) is 0 Å². The lowest BCUT2D eigenvalue weighted by atomic mass is 9.76.